The fraction of sp³-hybridized carbons (Fsp3) is 0.467. The zero-order valence-corrected chi connectivity index (χ0v) is 13.0. The molecule has 1 heterocycles. The first kappa shape index (κ1) is 17.5. The molecule has 1 aliphatic rings. The Labute approximate surface area is 131 Å². The smallest absolute Gasteiger partial charge is 0.251 e. The average molecular weight is 312 g/mol. The minimum absolute atomic E-state index is 0. The summed E-state index contributed by atoms with van der Waals surface area (Å²) < 4.78 is 0. The number of hydrogen-bond acceptors (Lipinski definition) is 3. The van der Waals surface area contributed by atoms with Crippen molar-refractivity contribution in [1.82, 2.24) is 10.6 Å². The Kier molecular flexibility index (Phi) is 7.19. The lowest BCUT2D eigenvalue weighted by atomic mass is 10.1. The van der Waals surface area contributed by atoms with Gasteiger partial charge in [-0.25, -0.2) is 0 Å². The van der Waals surface area contributed by atoms with Gasteiger partial charge in [0, 0.05) is 30.8 Å². The van der Waals surface area contributed by atoms with E-state index in [0.717, 1.165) is 19.4 Å². The summed E-state index contributed by atoms with van der Waals surface area (Å²) in [6, 6.07) is 7.43. The molecule has 2 amide bonds. The maximum Gasteiger partial charge on any atom is 0.251 e. The molecular formula is C15H22ClN3O2. The molecule has 0 aromatic heterocycles. The van der Waals surface area contributed by atoms with Crippen molar-refractivity contribution in [3.63, 3.8) is 0 Å². The van der Waals surface area contributed by atoms with E-state index in [-0.39, 0.29) is 24.2 Å². The van der Waals surface area contributed by atoms with Crippen molar-refractivity contribution in [1.29, 1.82) is 0 Å². The Morgan fingerprint density at radius 2 is 2.19 bits per heavy atom. The van der Waals surface area contributed by atoms with Gasteiger partial charge in [0.05, 0.1) is 0 Å². The van der Waals surface area contributed by atoms with Crippen LogP contribution >= 0.6 is 12.4 Å². The first-order valence-electron chi connectivity index (χ1n) is 7.04. The molecule has 1 atom stereocenters. The normalized spacial score (nSPS) is 16.9. The number of amides is 2. The van der Waals surface area contributed by atoms with Crippen LogP contribution in [-0.4, -0.2) is 31.4 Å². The molecule has 0 aliphatic carbocycles. The zero-order chi connectivity index (χ0) is 14.4. The van der Waals surface area contributed by atoms with Gasteiger partial charge in [0.25, 0.3) is 5.91 Å². The van der Waals surface area contributed by atoms with Crippen LogP contribution in [0.15, 0.2) is 24.3 Å². The summed E-state index contributed by atoms with van der Waals surface area (Å²) in [5, 5.41) is 8.78. The van der Waals surface area contributed by atoms with E-state index in [1.54, 1.807) is 31.3 Å². The van der Waals surface area contributed by atoms with Crippen molar-refractivity contribution in [2.45, 2.75) is 31.7 Å². The molecule has 0 saturated carbocycles. The first-order valence-corrected chi connectivity index (χ1v) is 7.04. The van der Waals surface area contributed by atoms with Crippen LogP contribution in [0.5, 0.6) is 0 Å². The molecule has 1 aliphatic heterocycles. The number of rotatable bonds is 5. The zero-order valence-electron chi connectivity index (χ0n) is 12.1. The van der Waals surface area contributed by atoms with Gasteiger partial charge >= 0.3 is 0 Å². The quantitative estimate of drug-likeness (QED) is 0.778. The molecule has 0 bridgehead atoms. The number of nitrogens with one attached hydrogen (secondary N) is 3. The second kappa shape index (κ2) is 8.64. The fourth-order valence-corrected chi connectivity index (χ4v) is 2.41. The molecule has 1 aromatic carbocycles. The van der Waals surface area contributed by atoms with E-state index in [9.17, 15) is 9.59 Å². The van der Waals surface area contributed by atoms with Crippen molar-refractivity contribution in [2.24, 2.45) is 0 Å². The minimum Gasteiger partial charge on any atom is -0.355 e. The van der Waals surface area contributed by atoms with Gasteiger partial charge < -0.3 is 16.0 Å². The van der Waals surface area contributed by atoms with E-state index in [4.69, 9.17) is 0 Å². The molecule has 21 heavy (non-hydrogen) atoms. The van der Waals surface area contributed by atoms with Crippen molar-refractivity contribution in [3.05, 3.63) is 29.8 Å². The predicted octanol–water partition coefficient (Wildman–Crippen LogP) is 1.94. The van der Waals surface area contributed by atoms with Crippen LogP contribution in [-0.2, 0) is 4.79 Å². The maximum atomic E-state index is 11.9. The van der Waals surface area contributed by atoms with Crippen molar-refractivity contribution in [3.8, 4) is 0 Å². The van der Waals surface area contributed by atoms with E-state index >= 15 is 0 Å². The van der Waals surface area contributed by atoms with Crippen molar-refractivity contribution in [2.75, 3.05) is 18.9 Å². The van der Waals surface area contributed by atoms with Gasteiger partial charge in [-0.05, 0) is 44.0 Å². The Morgan fingerprint density at radius 1 is 1.38 bits per heavy atom. The van der Waals surface area contributed by atoms with Crippen LogP contribution in [0.1, 0.15) is 36.0 Å². The van der Waals surface area contributed by atoms with Crippen LogP contribution in [0.3, 0.4) is 0 Å². The van der Waals surface area contributed by atoms with Crippen LogP contribution in [0.4, 0.5) is 5.69 Å². The van der Waals surface area contributed by atoms with E-state index in [2.05, 4.69) is 16.0 Å². The van der Waals surface area contributed by atoms with Gasteiger partial charge in [-0.15, -0.1) is 12.4 Å². The standard InChI is InChI=1S/C15H21N3O2.ClH/c1-16-15(20)11-4-2-5-13(10-11)18-14(19)8-7-12-6-3-9-17-12;/h2,4-5,10,12,17H,3,6-9H2,1H3,(H,16,20)(H,18,19);1H. The van der Waals surface area contributed by atoms with Gasteiger partial charge in [0.1, 0.15) is 0 Å². The fourth-order valence-electron chi connectivity index (χ4n) is 2.41. The van der Waals surface area contributed by atoms with Gasteiger partial charge in [-0.3, -0.25) is 9.59 Å². The molecule has 116 valence electrons. The summed E-state index contributed by atoms with van der Waals surface area (Å²) in [6.45, 7) is 1.06. The van der Waals surface area contributed by atoms with Gasteiger partial charge in [-0.2, -0.15) is 0 Å². The van der Waals surface area contributed by atoms with Crippen LogP contribution in [0, 0.1) is 0 Å². The summed E-state index contributed by atoms with van der Waals surface area (Å²) in [7, 11) is 1.59. The third-order valence-electron chi connectivity index (χ3n) is 3.52. The SMILES string of the molecule is CNC(=O)c1cccc(NC(=O)CCC2CCCN2)c1.Cl. The van der Waals surface area contributed by atoms with E-state index in [1.807, 2.05) is 0 Å². The number of anilines is 1. The molecule has 6 heteroatoms. The topological polar surface area (TPSA) is 70.2 Å². The molecule has 1 aromatic rings. The molecule has 1 fully saturated rings. The summed E-state index contributed by atoms with van der Waals surface area (Å²) in [5.41, 5.74) is 1.21. The maximum absolute atomic E-state index is 11.9. The van der Waals surface area contributed by atoms with E-state index < -0.39 is 0 Å². The third kappa shape index (κ3) is 5.36. The molecule has 0 radical (unpaired) electrons. The highest BCUT2D eigenvalue weighted by Gasteiger charge is 2.15. The van der Waals surface area contributed by atoms with Gasteiger partial charge in [0.15, 0.2) is 0 Å². The summed E-state index contributed by atoms with van der Waals surface area (Å²) >= 11 is 0. The molecule has 1 unspecified atom stereocenters. The second-order valence-corrected chi connectivity index (χ2v) is 5.04. The molecular weight excluding hydrogens is 290 g/mol. The highest BCUT2D eigenvalue weighted by atomic mass is 35.5. The Bertz CT molecular complexity index is 488. The third-order valence-corrected chi connectivity index (χ3v) is 3.52. The highest BCUT2D eigenvalue weighted by molar-refractivity contribution is 5.97. The Hall–Kier alpha value is -1.59. The predicted molar refractivity (Wildman–Crippen MR) is 86.0 cm³/mol. The van der Waals surface area contributed by atoms with Gasteiger partial charge in [0.2, 0.25) is 5.91 Å². The first-order chi connectivity index (χ1) is 9.69. The number of hydrogen-bond donors (Lipinski definition) is 3. The van der Waals surface area contributed by atoms with Crippen LogP contribution < -0.4 is 16.0 Å². The summed E-state index contributed by atoms with van der Waals surface area (Å²) in [6.07, 6.45) is 3.71. The molecule has 3 N–H and O–H groups in total. The molecule has 5 nitrogen and oxygen atoms in total. The lowest BCUT2D eigenvalue weighted by Gasteiger charge is -2.10. The number of carbonyl (C=O) groups excluding carboxylic acids is 2. The largest absolute Gasteiger partial charge is 0.355 e. The van der Waals surface area contributed by atoms with E-state index in [0.29, 0.717) is 23.7 Å². The summed E-state index contributed by atoms with van der Waals surface area (Å²) in [5.74, 6) is -0.163. The lowest BCUT2D eigenvalue weighted by Crippen LogP contribution is -2.23. The lowest BCUT2D eigenvalue weighted by molar-refractivity contribution is -0.116. The summed E-state index contributed by atoms with van der Waals surface area (Å²) in [4.78, 5) is 23.4. The Morgan fingerprint density at radius 3 is 2.86 bits per heavy atom. The van der Waals surface area contributed by atoms with Crippen molar-refractivity contribution >= 4 is 29.9 Å². The monoisotopic (exact) mass is 311 g/mol. The molecule has 1 saturated heterocycles. The number of halogens is 1. The van der Waals surface area contributed by atoms with Crippen molar-refractivity contribution < 1.29 is 9.59 Å². The number of carbonyl (C=O) groups is 2. The molecule has 2 rings (SSSR count). The van der Waals surface area contributed by atoms with E-state index in [1.165, 1.54) is 6.42 Å². The minimum atomic E-state index is -0.156. The van der Waals surface area contributed by atoms with Gasteiger partial charge in [-0.1, -0.05) is 6.07 Å². The van der Waals surface area contributed by atoms with Crippen LogP contribution in [0.25, 0.3) is 0 Å². The molecule has 0 spiro atoms. The average Bonchev–Trinajstić information content (AvgIpc) is 2.98. The number of benzene rings is 1. The second-order valence-electron chi connectivity index (χ2n) is 5.04. The highest BCUT2D eigenvalue weighted by Crippen LogP contribution is 2.14. The Balaban J connectivity index is 0.00000220. The van der Waals surface area contributed by atoms with Crippen LogP contribution in [0.2, 0.25) is 0 Å².